The zero-order valence-electron chi connectivity index (χ0n) is 13.0. The predicted molar refractivity (Wildman–Crippen MR) is 89.8 cm³/mol. The zero-order valence-corrected chi connectivity index (χ0v) is 14.6. The molecule has 3 saturated heterocycles. The summed E-state index contributed by atoms with van der Waals surface area (Å²) in [6, 6.07) is -0.0980. The molecule has 3 heterocycles. The van der Waals surface area contributed by atoms with Crippen LogP contribution in [0.2, 0.25) is 0 Å². The maximum atomic E-state index is 12.8. The third-order valence-corrected chi connectivity index (χ3v) is 5.02. The summed E-state index contributed by atoms with van der Waals surface area (Å²) in [5.74, 6) is 0.0187. The fourth-order valence-electron chi connectivity index (χ4n) is 3.63. The average Bonchev–Trinajstić information content (AvgIpc) is 2.72. The molecule has 0 aliphatic carbocycles. The van der Waals surface area contributed by atoms with Crippen LogP contribution in [0.5, 0.6) is 0 Å². The Kier molecular flexibility index (Phi) is 6.92. The number of hydrogen-bond donors (Lipinski definition) is 2. The Balaban J connectivity index is 0.00000121. The Morgan fingerprint density at radius 3 is 2.27 bits per heavy atom. The summed E-state index contributed by atoms with van der Waals surface area (Å²) in [4.78, 5) is 28.9. The van der Waals surface area contributed by atoms with Crippen molar-refractivity contribution in [2.24, 2.45) is 0 Å². The van der Waals surface area contributed by atoms with Crippen LogP contribution < -0.4 is 10.6 Å². The van der Waals surface area contributed by atoms with Crippen molar-refractivity contribution in [3.63, 3.8) is 0 Å². The molecule has 0 atom stereocenters. The fourth-order valence-corrected chi connectivity index (χ4v) is 3.63. The first-order valence-electron chi connectivity index (χ1n) is 7.75. The van der Waals surface area contributed by atoms with Gasteiger partial charge in [0.1, 0.15) is 5.54 Å². The minimum atomic E-state index is -0.617. The predicted octanol–water partition coefficient (Wildman–Crippen LogP) is 0.988. The van der Waals surface area contributed by atoms with E-state index in [1.165, 1.54) is 4.90 Å². The minimum absolute atomic E-state index is 0. The highest BCUT2D eigenvalue weighted by Gasteiger charge is 2.53. The molecular weight excluding hydrogens is 327 g/mol. The number of amides is 3. The number of likely N-dealkylation sites (tertiary alicyclic amines) is 1. The molecule has 22 heavy (non-hydrogen) atoms. The van der Waals surface area contributed by atoms with Crippen molar-refractivity contribution < 1.29 is 9.59 Å². The second-order valence-electron chi connectivity index (χ2n) is 6.10. The number of nitrogens with one attached hydrogen (secondary N) is 2. The Bertz CT molecular complexity index is 408. The molecular formula is C14H26Cl2N4O2. The normalized spacial score (nSPS) is 25.6. The molecule has 6 nitrogen and oxygen atoms in total. The highest BCUT2D eigenvalue weighted by molar-refractivity contribution is 6.07. The number of piperidine rings is 2. The van der Waals surface area contributed by atoms with Crippen molar-refractivity contribution in [2.75, 3.05) is 32.7 Å². The number of halogens is 2. The van der Waals surface area contributed by atoms with E-state index < -0.39 is 5.54 Å². The molecule has 0 bridgehead atoms. The molecule has 0 aromatic rings. The van der Waals surface area contributed by atoms with Gasteiger partial charge in [-0.25, -0.2) is 4.79 Å². The molecule has 2 N–H and O–H groups in total. The third kappa shape index (κ3) is 3.35. The van der Waals surface area contributed by atoms with Crippen molar-refractivity contribution in [3.8, 4) is 0 Å². The second-order valence-corrected chi connectivity index (χ2v) is 6.10. The van der Waals surface area contributed by atoms with E-state index in [0.29, 0.717) is 0 Å². The van der Waals surface area contributed by atoms with Gasteiger partial charge in [-0.1, -0.05) is 6.92 Å². The monoisotopic (exact) mass is 352 g/mol. The SMILES string of the molecule is CCN1CCC2(CC1)NC(=O)N(C1CCNCC1)C2=O.Cl.Cl. The topological polar surface area (TPSA) is 64.7 Å². The summed E-state index contributed by atoms with van der Waals surface area (Å²) in [7, 11) is 0. The van der Waals surface area contributed by atoms with Gasteiger partial charge in [-0.05, 0) is 45.3 Å². The van der Waals surface area contributed by atoms with E-state index in [-0.39, 0.29) is 42.8 Å². The van der Waals surface area contributed by atoms with Gasteiger partial charge in [-0.15, -0.1) is 24.8 Å². The lowest BCUT2D eigenvalue weighted by atomic mass is 9.87. The third-order valence-electron chi connectivity index (χ3n) is 5.02. The van der Waals surface area contributed by atoms with E-state index >= 15 is 0 Å². The average molecular weight is 353 g/mol. The van der Waals surface area contributed by atoms with Gasteiger partial charge < -0.3 is 15.5 Å². The molecule has 3 aliphatic rings. The Labute approximate surface area is 144 Å². The van der Waals surface area contributed by atoms with E-state index in [1.54, 1.807) is 0 Å². The Hall–Kier alpha value is -0.560. The lowest BCUT2D eigenvalue weighted by Crippen LogP contribution is -2.55. The van der Waals surface area contributed by atoms with E-state index in [2.05, 4.69) is 22.5 Å². The molecule has 1 spiro atoms. The Morgan fingerprint density at radius 2 is 1.73 bits per heavy atom. The first-order valence-corrected chi connectivity index (χ1v) is 7.75. The van der Waals surface area contributed by atoms with E-state index in [4.69, 9.17) is 0 Å². The van der Waals surface area contributed by atoms with Crippen LogP contribution in [0.15, 0.2) is 0 Å². The van der Waals surface area contributed by atoms with Crippen LogP contribution in [0.1, 0.15) is 32.6 Å². The molecule has 0 radical (unpaired) electrons. The largest absolute Gasteiger partial charge is 0.325 e. The molecule has 3 aliphatic heterocycles. The van der Waals surface area contributed by atoms with Gasteiger partial charge >= 0.3 is 6.03 Å². The second kappa shape index (κ2) is 7.81. The molecule has 0 aromatic heterocycles. The van der Waals surface area contributed by atoms with Crippen LogP contribution in [-0.2, 0) is 4.79 Å². The van der Waals surface area contributed by atoms with Gasteiger partial charge in [0.25, 0.3) is 5.91 Å². The van der Waals surface area contributed by atoms with Crippen molar-refractivity contribution in [3.05, 3.63) is 0 Å². The van der Waals surface area contributed by atoms with Gasteiger partial charge in [0.05, 0.1) is 0 Å². The molecule has 128 valence electrons. The number of rotatable bonds is 2. The molecule has 8 heteroatoms. The summed E-state index contributed by atoms with van der Waals surface area (Å²) in [5, 5.41) is 6.28. The quantitative estimate of drug-likeness (QED) is 0.727. The fraction of sp³-hybridized carbons (Fsp3) is 0.857. The van der Waals surface area contributed by atoms with Gasteiger partial charge in [0.15, 0.2) is 0 Å². The molecule has 0 aromatic carbocycles. The lowest BCUT2D eigenvalue weighted by Gasteiger charge is -2.37. The van der Waals surface area contributed by atoms with Crippen molar-refractivity contribution in [1.29, 1.82) is 0 Å². The first kappa shape index (κ1) is 19.5. The van der Waals surface area contributed by atoms with Crippen molar-refractivity contribution >= 4 is 36.8 Å². The maximum Gasteiger partial charge on any atom is 0.325 e. The summed E-state index contributed by atoms with van der Waals surface area (Å²) in [6.45, 7) is 6.70. The van der Waals surface area contributed by atoms with Crippen molar-refractivity contribution in [1.82, 2.24) is 20.4 Å². The number of urea groups is 1. The number of carbonyl (C=O) groups is 2. The molecule has 3 amide bonds. The van der Waals surface area contributed by atoms with Gasteiger partial charge in [-0.3, -0.25) is 9.69 Å². The van der Waals surface area contributed by atoms with Crippen LogP contribution in [0.3, 0.4) is 0 Å². The number of nitrogens with zero attached hydrogens (tertiary/aromatic N) is 2. The van der Waals surface area contributed by atoms with E-state index in [9.17, 15) is 9.59 Å². The molecule has 3 rings (SSSR count). The first-order chi connectivity index (χ1) is 9.66. The summed E-state index contributed by atoms with van der Waals surface area (Å²) >= 11 is 0. The van der Waals surface area contributed by atoms with E-state index in [1.807, 2.05) is 0 Å². The van der Waals surface area contributed by atoms with Gasteiger partial charge in [0.2, 0.25) is 0 Å². The highest BCUT2D eigenvalue weighted by atomic mass is 35.5. The number of carbonyl (C=O) groups excluding carboxylic acids is 2. The van der Waals surface area contributed by atoms with Crippen LogP contribution in [0.25, 0.3) is 0 Å². The van der Waals surface area contributed by atoms with Gasteiger partial charge in [-0.2, -0.15) is 0 Å². The van der Waals surface area contributed by atoms with Gasteiger partial charge in [0, 0.05) is 19.1 Å². The van der Waals surface area contributed by atoms with Crippen LogP contribution in [-0.4, -0.2) is 66.0 Å². The summed E-state index contributed by atoms with van der Waals surface area (Å²) in [5.41, 5.74) is -0.617. The maximum absolute atomic E-state index is 12.8. The minimum Gasteiger partial charge on any atom is -0.323 e. The summed E-state index contributed by atoms with van der Waals surface area (Å²) in [6.07, 6.45) is 3.23. The smallest absolute Gasteiger partial charge is 0.323 e. The highest BCUT2D eigenvalue weighted by Crippen LogP contribution is 2.31. The van der Waals surface area contributed by atoms with Crippen LogP contribution in [0.4, 0.5) is 4.79 Å². The lowest BCUT2D eigenvalue weighted by molar-refractivity contribution is -0.134. The van der Waals surface area contributed by atoms with Crippen LogP contribution in [0, 0.1) is 0 Å². The summed E-state index contributed by atoms with van der Waals surface area (Å²) < 4.78 is 0. The molecule has 0 unspecified atom stereocenters. The number of hydrogen-bond acceptors (Lipinski definition) is 4. The Morgan fingerprint density at radius 1 is 1.14 bits per heavy atom. The van der Waals surface area contributed by atoms with E-state index in [0.717, 1.165) is 58.4 Å². The standard InChI is InChI=1S/C14H24N4O2.2ClH/c1-2-17-9-5-14(6-10-17)12(19)18(13(20)16-14)11-3-7-15-8-4-11;;/h11,15H,2-10H2,1H3,(H,16,20);2*1H. The molecule has 3 fully saturated rings. The number of imide groups is 1. The molecule has 0 saturated carbocycles. The zero-order chi connectivity index (χ0) is 14.2. The van der Waals surface area contributed by atoms with Crippen LogP contribution >= 0.6 is 24.8 Å². The van der Waals surface area contributed by atoms with Crippen molar-refractivity contribution in [2.45, 2.75) is 44.2 Å².